The molecule has 1 N–H and O–H groups in total. The maximum absolute atomic E-state index is 12.6. The molecule has 0 saturated carbocycles. The van der Waals surface area contributed by atoms with E-state index in [2.05, 4.69) is 9.88 Å². The van der Waals surface area contributed by atoms with Crippen molar-refractivity contribution in [2.75, 3.05) is 32.8 Å². The Morgan fingerprint density at radius 3 is 2.89 bits per heavy atom. The van der Waals surface area contributed by atoms with Gasteiger partial charge in [-0.05, 0) is 38.3 Å². The Bertz CT molecular complexity index is 886. The third-order valence-corrected chi connectivity index (χ3v) is 5.54. The third-order valence-electron chi connectivity index (χ3n) is 5.54. The van der Waals surface area contributed by atoms with Crippen molar-refractivity contribution >= 4 is 16.8 Å². The van der Waals surface area contributed by atoms with Crippen LogP contribution in [0.5, 0.6) is 0 Å². The molecule has 0 radical (unpaired) electrons. The van der Waals surface area contributed by atoms with Crippen molar-refractivity contribution in [3.8, 4) is 0 Å². The van der Waals surface area contributed by atoms with Gasteiger partial charge in [0, 0.05) is 62.0 Å². The van der Waals surface area contributed by atoms with E-state index in [4.69, 9.17) is 4.74 Å². The van der Waals surface area contributed by atoms with Crippen LogP contribution in [0.25, 0.3) is 10.9 Å². The van der Waals surface area contributed by atoms with Gasteiger partial charge in [-0.1, -0.05) is 11.6 Å². The molecule has 1 amide bonds. The number of rotatable bonds is 3. The van der Waals surface area contributed by atoms with Gasteiger partial charge < -0.3 is 14.6 Å². The van der Waals surface area contributed by atoms with Gasteiger partial charge in [-0.3, -0.25) is 14.5 Å². The van der Waals surface area contributed by atoms with E-state index < -0.39 is 0 Å². The second kappa shape index (κ2) is 7.82. The van der Waals surface area contributed by atoms with Crippen LogP contribution in [-0.4, -0.2) is 59.6 Å². The predicted octanol–water partition coefficient (Wildman–Crippen LogP) is 2.05. The number of nitrogens with zero attached hydrogens (tertiary/aromatic N) is 2. The fourth-order valence-electron chi connectivity index (χ4n) is 4.07. The molecule has 4 rings (SSSR count). The largest absolute Gasteiger partial charge is 0.368 e. The van der Waals surface area contributed by atoms with Gasteiger partial charge in [0.1, 0.15) is 6.10 Å². The fraction of sp³-hybridized carbons (Fsp3) is 0.524. The van der Waals surface area contributed by atoms with Gasteiger partial charge in [0.05, 0.1) is 0 Å². The molecular weight excluding hydrogens is 342 g/mol. The summed E-state index contributed by atoms with van der Waals surface area (Å²) in [7, 11) is 0. The van der Waals surface area contributed by atoms with Crippen molar-refractivity contribution < 1.29 is 9.53 Å². The van der Waals surface area contributed by atoms with E-state index in [0.29, 0.717) is 13.2 Å². The number of benzene rings is 1. The average molecular weight is 369 g/mol. The lowest BCUT2D eigenvalue weighted by Crippen LogP contribution is -2.41. The maximum Gasteiger partial charge on any atom is 0.251 e. The second-order valence-electron chi connectivity index (χ2n) is 7.66. The number of aromatic nitrogens is 1. The Labute approximate surface area is 159 Å². The monoisotopic (exact) mass is 369 g/mol. The van der Waals surface area contributed by atoms with Crippen LogP contribution < -0.4 is 5.43 Å². The lowest BCUT2D eigenvalue weighted by molar-refractivity contribution is -0.140. The molecule has 2 aromatic rings. The van der Waals surface area contributed by atoms with Crippen molar-refractivity contribution in [1.82, 2.24) is 14.8 Å². The highest BCUT2D eigenvalue weighted by Gasteiger charge is 2.29. The van der Waals surface area contributed by atoms with Crippen LogP contribution in [0.2, 0.25) is 0 Å². The summed E-state index contributed by atoms with van der Waals surface area (Å²) in [6.45, 7) is 6.62. The third kappa shape index (κ3) is 4.06. The molecule has 2 saturated heterocycles. The van der Waals surface area contributed by atoms with E-state index in [-0.39, 0.29) is 17.4 Å². The molecule has 144 valence electrons. The van der Waals surface area contributed by atoms with E-state index in [0.717, 1.165) is 67.6 Å². The van der Waals surface area contributed by atoms with Crippen molar-refractivity contribution in [3.05, 3.63) is 45.7 Å². The molecular formula is C21H27N3O3. The molecule has 0 spiro atoms. The van der Waals surface area contributed by atoms with Gasteiger partial charge in [0.15, 0.2) is 5.43 Å². The van der Waals surface area contributed by atoms with Crippen LogP contribution >= 0.6 is 0 Å². The fourth-order valence-corrected chi connectivity index (χ4v) is 4.07. The Balaban J connectivity index is 1.43. The molecule has 0 bridgehead atoms. The van der Waals surface area contributed by atoms with Gasteiger partial charge in [-0.15, -0.1) is 0 Å². The number of ether oxygens (including phenoxy) is 1. The lowest BCUT2D eigenvalue weighted by Gasteiger charge is -2.24. The SMILES string of the molecule is Cc1ccc2[nH]c(CN3CCCN(C(=O)C4CCCO4)CC3)cc(=O)c2c1. The Morgan fingerprint density at radius 1 is 1.19 bits per heavy atom. The summed E-state index contributed by atoms with van der Waals surface area (Å²) in [6, 6.07) is 7.63. The number of fused-ring (bicyclic) bond motifs is 1. The van der Waals surface area contributed by atoms with Crippen LogP contribution in [0.3, 0.4) is 0 Å². The number of hydrogen-bond donors (Lipinski definition) is 1. The normalized spacial score (nSPS) is 21.5. The molecule has 6 heteroatoms. The molecule has 1 aromatic carbocycles. The first-order chi connectivity index (χ1) is 13.1. The van der Waals surface area contributed by atoms with Crippen molar-refractivity contribution in [2.45, 2.75) is 38.8 Å². The van der Waals surface area contributed by atoms with Crippen molar-refractivity contribution in [3.63, 3.8) is 0 Å². The maximum atomic E-state index is 12.6. The molecule has 2 aliphatic heterocycles. The van der Waals surface area contributed by atoms with Gasteiger partial charge in [-0.2, -0.15) is 0 Å². The van der Waals surface area contributed by atoms with E-state index >= 15 is 0 Å². The van der Waals surface area contributed by atoms with E-state index in [1.165, 1.54) is 0 Å². The van der Waals surface area contributed by atoms with Gasteiger partial charge in [-0.25, -0.2) is 0 Å². The molecule has 1 atom stereocenters. The first-order valence-electron chi connectivity index (χ1n) is 9.85. The number of carbonyl (C=O) groups is 1. The lowest BCUT2D eigenvalue weighted by atomic mass is 10.1. The summed E-state index contributed by atoms with van der Waals surface area (Å²) in [4.78, 5) is 32.7. The Kier molecular flexibility index (Phi) is 5.27. The molecule has 1 unspecified atom stereocenters. The molecule has 27 heavy (non-hydrogen) atoms. The van der Waals surface area contributed by atoms with E-state index in [9.17, 15) is 9.59 Å². The first kappa shape index (κ1) is 18.2. The van der Waals surface area contributed by atoms with E-state index in [1.807, 2.05) is 30.0 Å². The average Bonchev–Trinajstić information content (AvgIpc) is 3.09. The minimum Gasteiger partial charge on any atom is -0.368 e. The number of aryl methyl sites for hydroxylation is 1. The number of H-pyrrole nitrogens is 1. The van der Waals surface area contributed by atoms with E-state index in [1.54, 1.807) is 6.07 Å². The highest BCUT2D eigenvalue weighted by atomic mass is 16.5. The number of nitrogens with one attached hydrogen (secondary N) is 1. The Hall–Kier alpha value is -2.18. The molecule has 0 aliphatic carbocycles. The summed E-state index contributed by atoms with van der Waals surface area (Å²) in [5.74, 6) is 0.142. The van der Waals surface area contributed by atoms with Crippen LogP contribution in [0.15, 0.2) is 29.1 Å². The van der Waals surface area contributed by atoms with Crippen LogP contribution in [0.4, 0.5) is 0 Å². The zero-order valence-corrected chi connectivity index (χ0v) is 15.9. The molecule has 2 fully saturated rings. The molecule has 6 nitrogen and oxygen atoms in total. The summed E-state index contributed by atoms with van der Waals surface area (Å²) in [5.41, 5.74) is 2.96. The summed E-state index contributed by atoms with van der Waals surface area (Å²) in [6.07, 6.45) is 2.52. The summed E-state index contributed by atoms with van der Waals surface area (Å²) in [5, 5.41) is 0.739. The topological polar surface area (TPSA) is 65.6 Å². The highest BCUT2D eigenvalue weighted by Crippen LogP contribution is 2.17. The Morgan fingerprint density at radius 2 is 2.07 bits per heavy atom. The number of hydrogen-bond acceptors (Lipinski definition) is 4. The standard InChI is InChI=1S/C21H27N3O3/c1-15-5-6-18-17(12-15)19(25)13-16(22-18)14-23-7-3-8-24(10-9-23)21(26)20-4-2-11-27-20/h5-6,12-13,20H,2-4,7-11,14H2,1H3,(H,22,25). The zero-order chi connectivity index (χ0) is 18.8. The van der Waals surface area contributed by atoms with Gasteiger partial charge in [0.25, 0.3) is 5.91 Å². The predicted molar refractivity (Wildman–Crippen MR) is 105 cm³/mol. The van der Waals surface area contributed by atoms with Crippen LogP contribution in [0.1, 0.15) is 30.5 Å². The molecule has 1 aromatic heterocycles. The minimum absolute atomic E-state index is 0.0625. The van der Waals surface area contributed by atoms with Gasteiger partial charge >= 0.3 is 0 Å². The molecule has 3 heterocycles. The number of aromatic amines is 1. The van der Waals surface area contributed by atoms with Crippen molar-refractivity contribution in [1.29, 1.82) is 0 Å². The minimum atomic E-state index is -0.239. The molecule has 2 aliphatic rings. The number of amides is 1. The van der Waals surface area contributed by atoms with Crippen LogP contribution in [-0.2, 0) is 16.1 Å². The quantitative estimate of drug-likeness (QED) is 0.899. The zero-order valence-electron chi connectivity index (χ0n) is 15.9. The van der Waals surface area contributed by atoms with Crippen LogP contribution in [0, 0.1) is 6.92 Å². The highest BCUT2D eigenvalue weighted by molar-refractivity contribution is 5.81. The first-order valence-corrected chi connectivity index (χ1v) is 9.85. The van der Waals surface area contributed by atoms with Gasteiger partial charge in [0.2, 0.25) is 0 Å². The smallest absolute Gasteiger partial charge is 0.251 e. The second-order valence-corrected chi connectivity index (χ2v) is 7.66. The number of carbonyl (C=O) groups excluding carboxylic acids is 1. The van der Waals surface area contributed by atoms with Crippen molar-refractivity contribution in [2.24, 2.45) is 0 Å². The summed E-state index contributed by atoms with van der Waals surface area (Å²) >= 11 is 0. The summed E-state index contributed by atoms with van der Waals surface area (Å²) < 4.78 is 5.55. The number of pyridine rings is 1.